The van der Waals surface area contributed by atoms with Crippen molar-refractivity contribution in [2.24, 2.45) is 0 Å². The fraction of sp³-hybridized carbons (Fsp3) is 1.00. The maximum Gasteiger partial charge on any atom is 0.0728 e. The summed E-state index contributed by atoms with van der Waals surface area (Å²) < 4.78 is 10.8. The van der Waals surface area contributed by atoms with Gasteiger partial charge in [-0.2, -0.15) is 0 Å². The smallest absolute Gasteiger partial charge is 0.0728 e. The number of rotatable bonds is 7. The monoisotopic (exact) mass is 201 g/mol. The van der Waals surface area contributed by atoms with E-state index in [0.717, 1.165) is 26.2 Å². The van der Waals surface area contributed by atoms with E-state index in [9.17, 15) is 0 Å². The van der Waals surface area contributed by atoms with Crippen molar-refractivity contribution in [3.63, 3.8) is 0 Å². The van der Waals surface area contributed by atoms with Crippen LogP contribution in [0.2, 0.25) is 0 Å². The molecule has 0 spiro atoms. The second-order valence-corrected chi connectivity index (χ2v) is 3.85. The van der Waals surface area contributed by atoms with Crippen molar-refractivity contribution in [3.05, 3.63) is 0 Å². The first kappa shape index (κ1) is 12.0. The third kappa shape index (κ3) is 3.95. The van der Waals surface area contributed by atoms with Crippen LogP contribution >= 0.6 is 0 Å². The van der Waals surface area contributed by atoms with Gasteiger partial charge >= 0.3 is 0 Å². The van der Waals surface area contributed by atoms with Crippen molar-refractivity contribution < 1.29 is 9.47 Å². The van der Waals surface area contributed by atoms with Crippen LogP contribution in [-0.4, -0.2) is 39.0 Å². The van der Waals surface area contributed by atoms with Gasteiger partial charge in [0.25, 0.3) is 0 Å². The summed E-state index contributed by atoms with van der Waals surface area (Å²) in [5.74, 6) is 0. The molecule has 14 heavy (non-hydrogen) atoms. The predicted molar refractivity (Wildman–Crippen MR) is 57.5 cm³/mol. The van der Waals surface area contributed by atoms with Crippen LogP contribution < -0.4 is 5.32 Å². The van der Waals surface area contributed by atoms with E-state index < -0.39 is 0 Å². The molecule has 2 unspecified atom stereocenters. The Kier molecular flexibility index (Phi) is 6.15. The number of ether oxygens (including phenoxy) is 2. The van der Waals surface area contributed by atoms with Gasteiger partial charge in [-0.1, -0.05) is 6.92 Å². The second-order valence-electron chi connectivity index (χ2n) is 3.85. The van der Waals surface area contributed by atoms with Gasteiger partial charge in [0.05, 0.1) is 6.10 Å². The summed E-state index contributed by atoms with van der Waals surface area (Å²) in [5, 5.41) is 3.48. The Morgan fingerprint density at radius 2 is 2.14 bits per heavy atom. The number of methoxy groups -OCH3 is 1. The molecule has 1 fully saturated rings. The lowest BCUT2D eigenvalue weighted by Crippen LogP contribution is -2.37. The Balaban J connectivity index is 2.09. The molecule has 3 heteroatoms. The highest BCUT2D eigenvalue weighted by atomic mass is 16.5. The van der Waals surface area contributed by atoms with Crippen molar-refractivity contribution >= 4 is 0 Å². The van der Waals surface area contributed by atoms with Gasteiger partial charge < -0.3 is 14.8 Å². The Morgan fingerprint density at radius 1 is 1.29 bits per heavy atom. The van der Waals surface area contributed by atoms with Gasteiger partial charge in [0.2, 0.25) is 0 Å². The summed E-state index contributed by atoms with van der Waals surface area (Å²) in [7, 11) is 1.73. The zero-order chi connectivity index (χ0) is 10.2. The lowest BCUT2D eigenvalue weighted by Gasteiger charge is -2.20. The largest absolute Gasteiger partial charge is 0.385 e. The standard InChI is InChI=1S/C11H23NO2/c1-3-12-10-6-4-7-11(10)14-9-5-8-13-2/h10-12H,3-9H2,1-2H3. The fourth-order valence-corrected chi connectivity index (χ4v) is 2.06. The van der Waals surface area contributed by atoms with E-state index in [1.165, 1.54) is 19.3 Å². The predicted octanol–water partition coefficient (Wildman–Crippen LogP) is 1.57. The van der Waals surface area contributed by atoms with Crippen LogP contribution in [0.1, 0.15) is 32.6 Å². The molecule has 2 atom stereocenters. The van der Waals surface area contributed by atoms with Gasteiger partial charge in [-0.3, -0.25) is 0 Å². The molecule has 84 valence electrons. The van der Waals surface area contributed by atoms with Crippen molar-refractivity contribution in [1.29, 1.82) is 0 Å². The summed E-state index contributed by atoms with van der Waals surface area (Å²) in [6, 6.07) is 0.586. The lowest BCUT2D eigenvalue weighted by atomic mass is 10.2. The van der Waals surface area contributed by atoms with Crippen LogP contribution in [0.3, 0.4) is 0 Å². The lowest BCUT2D eigenvalue weighted by molar-refractivity contribution is 0.0286. The van der Waals surface area contributed by atoms with Gasteiger partial charge in [0.15, 0.2) is 0 Å². The van der Waals surface area contributed by atoms with Crippen LogP contribution in [0.5, 0.6) is 0 Å². The number of likely N-dealkylation sites (N-methyl/N-ethyl adjacent to an activating group) is 1. The number of hydrogen-bond donors (Lipinski definition) is 1. The first-order chi connectivity index (χ1) is 6.88. The quantitative estimate of drug-likeness (QED) is 0.634. The topological polar surface area (TPSA) is 30.5 Å². The Hall–Kier alpha value is -0.120. The van der Waals surface area contributed by atoms with E-state index in [-0.39, 0.29) is 0 Å². The molecule has 0 amide bonds. The van der Waals surface area contributed by atoms with Crippen LogP contribution in [-0.2, 0) is 9.47 Å². The third-order valence-electron chi connectivity index (χ3n) is 2.74. The van der Waals surface area contributed by atoms with Gasteiger partial charge in [-0.05, 0) is 32.2 Å². The molecule has 0 aromatic carbocycles. The van der Waals surface area contributed by atoms with Crippen molar-refractivity contribution in [1.82, 2.24) is 5.32 Å². The summed E-state index contributed by atoms with van der Waals surface area (Å²) in [5.41, 5.74) is 0. The molecule has 1 N–H and O–H groups in total. The average Bonchev–Trinajstić information content (AvgIpc) is 2.61. The van der Waals surface area contributed by atoms with Crippen LogP contribution in [0, 0.1) is 0 Å². The second kappa shape index (κ2) is 7.21. The number of hydrogen-bond acceptors (Lipinski definition) is 3. The SMILES string of the molecule is CCNC1CCCC1OCCCOC. The van der Waals surface area contributed by atoms with E-state index in [0.29, 0.717) is 12.1 Å². The van der Waals surface area contributed by atoms with E-state index in [4.69, 9.17) is 9.47 Å². The maximum absolute atomic E-state index is 5.83. The van der Waals surface area contributed by atoms with Crippen molar-refractivity contribution in [3.8, 4) is 0 Å². The molecule has 0 aromatic heterocycles. The first-order valence-electron chi connectivity index (χ1n) is 5.72. The van der Waals surface area contributed by atoms with Crippen molar-refractivity contribution in [2.75, 3.05) is 26.9 Å². The van der Waals surface area contributed by atoms with E-state index >= 15 is 0 Å². The van der Waals surface area contributed by atoms with E-state index in [1.54, 1.807) is 7.11 Å². The highest BCUT2D eigenvalue weighted by Gasteiger charge is 2.26. The van der Waals surface area contributed by atoms with E-state index in [1.807, 2.05) is 0 Å². The molecule has 1 saturated carbocycles. The number of nitrogens with one attached hydrogen (secondary N) is 1. The van der Waals surface area contributed by atoms with Gasteiger partial charge in [-0.25, -0.2) is 0 Å². The minimum absolute atomic E-state index is 0.437. The minimum Gasteiger partial charge on any atom is -0.385 e. The fourth-order valence-electron chi connectivity index (χ4n) is 2.06. The molecular formula is C11H23NO2. The molecular weight excluding hydrogens is 178 g/mol. The van der Waals surface area contributed by atoms with E-state index in [2.05, 4.69) is 12.2 Å². The summed E-state index contributed by atoms with van der Waals surface area (Å²) >= 11 is 0. The van der Waals surface area contributed by atoms with Crippen molar-refractivity contribution in [2.45, 2.75) is 44.8 Å². The highest BCUT2D eigenvalue weighted by Crippen LogP contribution is 2.22. The first-order valence-corrected chi connectivity index (χ1v) is 5.72. The van der Waals surface area contributed by atoms with Crippen LogP contribution in [0.4, 0.5) is 0 Å². The molecule has 0 bridgehead atoms. The molecule has 0 aliphatic heterocycles. The summed E-state index contributed by atoms with van der Waals surface area (Å²) in [4.78, 5) is 0. The van der Waals surface area contributed by atoms with Crippen LogP contribution in [0.25, 0.3) is 0 Å². The molecule has 0 aromatic rings. The zero-order valence-electron chi connectivity index (χ0n) is 9.42. The molecule has 0 radical (unpaired) electrons. The molecule has 3 nitrogen and oxygen atoms in total. The summed E-state index contributed by atoms with van der Waals surface area (Å²) in [6.07, 6.45) is 5.22. The Labute approximate surface area is 87.2 Å². The third-order valence-corrected chi connectivity index (χ3v) is 2.74. The normalized spacial score (nSPS) is 27.0. The zero-order valence-corrected chi connectivity index (χ0v) is 9.42. The maximum atomic E-state index is 5.83. The van der Waals surface area contributed by atoms with Gasteiger partial charge in [-0.15, -0.1) is 0 Å². The Morgan fingerprint density at radius 3 is 2.86 bits per heavy atom. The minimum atomic E-state index is 0.437. The molecule has 1 rings (SSSR count). The average molecular weight is 201 g/mol. The molecule has 1 aliphatic carbocycles. The van der Waals surface area contributed by atoms with Gasteiger partial charge in [0.1, 0.15) is 0 Å². The molecule has 0 heterocycles. The Bertz CT molecular complexity index is 141. The van der Waals surface area contributed by atoms with Crippen LogP contribution in [0.15, 0.2) is 0 Å². The molecule has 0 saturated heterocycles. The summed E-state index contributed by atoms with van der Waals surface area (Å²) in [6.45, 7) is 4.84. The molecule has 1 aliphatic rings. The highest BCUT2D eigenvalue weighted by molar-refractivity contribution is 4.83. The van der Waals surface area contributed by atoms with Gasteiger partial charge in [0, 0.05) is 26.4 Å².